The Morgan fingerprint density at radius 3 is 2.47 bits per heavy atom. The summed E-state index contributed by atoms with van der Waals surface area (Å²) in [5.41, 5.74) is -4.33. The third-order valence-electron chi connectivity index (χ3n) is 10.0. The lowest BCUT2D eigenvalue weighted by molar-refractivity contribution is -0.228. The molecule has 4 rings (SSSR count). The standard InChI is InChI=1S/C29H40FNO7/c1-7-24(34)37-16-23(33)29(38-25(35)8-2)17(3)13-21-20-10-9-18-14-19(31-36-6)11-12-26(18,4)28(20,30)22(32)15-27(21,29)5/h11-12,14,17,20-22,32H,7-10,13,15-16H2,1-6H3/b31-19+/t17-,20-,21-,22-,26-,27-,28-,29?/m0/s1. The maximum atomic E-state index is 17.6. The van der Waals surface area contributed by atoms with E-state index in [0.717, 1.165) is 5.57 Å². The molecule has 0 amide bonds. The average Bonchev–Trinajstić information content (AvgIpc) is 3.10. The predicted molar refractivity (Wildman–Crippen MR) is 138 cm³/mol. The Bertz CT molecular complexity index is 1100. The van der Waals surface area contributed by atoms with Crippen molar-refractivity contribution in [3.8, 4) is 0 Å². The van der Waals surface area contributed by atoms with E-state index in [1.54, 1.807) is 26.0 Å². The molecule has 0 aromatic carbocycles. The lowest BCUT2D eigenvalue weighted by atomic mass is 9.44. The van der Waals surface area contributed by atoms with Crippen molar-refractivity contribution in [3.05, 3.63) is 23.8 Å². The molecular formula is C29H40FNO7. The SMILES string of the molecule is CCC(=O)OCC(=O)C1(OC(=O)CC)[C@@H](C)C[C@H]2[C@@H]3CCC4=C/C(=N/OC)C=C[C@]4(C)[C@@]3(F)[C@@H](O)C[C@@]21C. The van der Waals surface area contributed by atoms with Gasteiger partial charge in [0.1, 0.15) is 12.8 Å². The van der Waals surface area contributed by atoms with E-state index < -0.39 is 64.4 Å². The Hall–Kier alpha value is -2.55. The van der Waals surface area contributed by atoms with E-state index in [9.17, 15) is 19.5 Å². The van der Waals surface area contributed by atoms with Gasteiger partial charge in [0.05, 0.1) is 6.10 Å². The number of nitrogens with zero attached hydrogens (tertiary/aromatic N) is 1. The van der Waals surface area contributed by atoms with E-state index in [0.29, 0.717) is 25.0 Å². The number of alkyl halides is 1. The van der Waals surface area contributed by atoms with Crippen molar-refractivity contribution in [2.75, 3.05) is 13.7 Å². The van der Waals surface area contributed by atoms with Crippen molar-refractivity contribution in [3.63, 3.8) is 0 Å². The summed E-state index contributed by atoms with van der Waals surface area (Å²) < 4.78 is 28.8. The number of ketones is 1. The molecule has 4 aliphatic carbocycles. The summed E-state index contributed by atoms with van der Waals surface area (Å²) in [7, 11) is 1.45. The number of carbonyl (C=O) groups is 3. The first-order valence-electron chi connectivity index (χ1n) is 13.6. The van der Waals surface area contributed by atoms with Crippen molar-refractivity contribution in [2.45, 2.75) is 90.5 Å². The predicted octanol–water partition coefficient (Wildman–Crippen LogP) is 4.25. The first-order valence-corrected chi connectivity index (χ1v) is 13.6. The number of oxime groups is 1. The van der Waals surface area contributed by atoms with Crippen molar-refractivity contribution in [2.24, 2.45) is 33.7 Å². The molecule has 3 saturated carbocycles. The second-order valence-electron chi connectivity index (χ2n) is 11.7. The first kappa shape index (κ1) is 28.5. The van der Waals surface area contributed by atoms with Crippen LogP contribution in [0.5, 0.6) is 0 Å². The van der Waals surface area contributed by atoms with Gasteiger partial charge in [-0.25, -0.2) is 4.39 Å². The number of Topliss-reactive ketones (excluding diaryl/α,β-unsaturated/α-hetero) is 1. The Balaban J connectivity index is 1.79. The minimum Gasteiger partial charge on any atom is -0.457 e. The van der Waals surface area contributed by atoms with E-state index in [2.05, 4.69) is 5.16 Å². The van der Waals surface area contributed by atoms with E-state index in [4.69, 9.17) is 14.3 Å². The summed E-state index contributed by atoms with van der Waals surface area (Å²) in [6.45, 7) is 8.22. The van der Waals surface area contributed by atoms with Gasteiger partial charge in [-0.05, 0) is 50.7 Å². The molecular weight excluding hydrogens is 493 g/mol. The Morgan fingerprint density at radius 2 is 1.84 bits per heavy atom. The fourth-order valence-electron chi connectivity index (χ4n) is 8.18. The minimum absolute atomic E-state index is 0.0542. The summed E-state index contributed by atoms with van der Waals surface area (Å²) in [4.78, 5) is 43.4. The molecule has 8 nitrogen and oxygen atoms in total. The molecule has 38 heavy (non-hydrogen) atoms. The van der Waals surface area contributed by atoms with Crippen LogP contribution < -0.4 is 0 Å². The number of aliphatic hydroxyl groups excluding tert-OH is 1. The molecule has 4 aliphatic rings. The van der Waals surface area contributed by atoms with Crippen LogP contribution in [0.1, 0.15) is 73.1 Å². The van der Waals surface area contributed by atoms with Crippen LogP contribution in [-0.2, 0) is 28.7 Å². The number of ether oxygens (including phenoxy) is 2. The van der Waals surface area contributed by atoms with Crippen LogP contribution in [0, 0.1) is 28.6 Å². The van der Waals surface area contributed by atoms with Gasteiger partial charge in [-0.2, -0.15) is 0 Å². The highest BCUT2D eigenvalue weighted by Crippen LogP contribution is 2.71. The third-order valence-corrected chi connectivity index (χ3v) is 10.0. The molecule has 3 fully saturated rings. The molecule has 0 radical (unpaired) electrons. The zero-order valence-electron chi connectivity index (χ0n) is 23.2. The van der Waals surface area contributed by atoms with Crippen molar-refractivity contribution < 1.29 is 38.2 Å². The molecule has 0 aromatic heterocycles. The largest absolute Gasteiger partial charge is 0.457 e. The monoisotopic (exact) mass is 533 g/mol. The topological polar surface area (TPSA) is 111 Å². The number of fused-ring (bicyclic) bond motifs is 5. The molecule has 1 unspecified atom stereocenters. The number of carbonyl (C=O) groups excluding carboxylic acids is 3. The van der Waals surface area contributed by atoms with E-state index >= 15 is 4.39 Å². The van der Waals surface area contributed by atoms with Crippen LogP contribution in [0.15, 0.2) is 29.0 Å². The second kappa shape index (κ2) is 9.88. The molecule has 0 heterocycles. The lowest BCUT2D eigenvalue weighted by Gasteiger charge is -2.62. The van der Waals surface area contributed by atoms with Crippen molar-refractivity contribution >= 4 is 23.4 Å². The van der Waals surface area contributed by atoms with Crippen LogP contribution in [0.4, 0.5) is 4.39 Å². The van der Waals surface area contributed by atoms with Gasteiger partial charge in [-0.3, -0.25) is 14.4 Å². The fraction of sp³-hybridized carbons (Fsp3) is 0.724. The number of esters is 2. The molecule has 0 bridgehead atoms. The molecule has 0 spiro atoms. The normalized spacial score (nSPS) is 42.4. The number of hydrogen-bond donors (Lipinski definition) is 1. The summed E-state index contributed by atoms with van der Waals surface area (Å²) in [5, 5.41) is 15.7. The number of rotatable bonds is 7. The smallest absolute Gasteiger partial charge is 0.306 e. The van der Waals surface area contributed by atoms with Crippen molar-refractivity contribution in [1.82, 2.24) is 0 Å². The zero-order chi connectivity index (χ0) is 28.1. The van der Waals surface area contributed by atoms with E-state index in [1.165, 1.54) is 7.11 Å². The Morgan fingerprint density at radius 1 is 1.16 bits per heavy atom. The van der Waals surface area contributed by atoms with Gasteiger partial charge in [-0.15, -0.1) is 0 Å². The highest BCUT2D eigenvalue weighted by Gasteiger charge is 2.77. The number of allylic oxidation sites excluding steroid dienone is 4. The van der Waals surface area contributed by atoms with Crippen LogP contribution in [-0.4, -0.2) is 59.6 Å². The molecule has 9 heteroatoms. The van der Waals surface area contributed by atoms with Crippen LogP contribution >= 0.6 is 0 Å². The highest BCUT2D eigenvalue weighted by molar-refractivity contribution is 6.05. The van der Waals surface area contributed by atoms with Crippen molar-refractivity contribution in [1.29, 1.82) is 0 Å². The van der Waals surface area contributed by atoms with Gasteiger partial charge in [0.15, 0.2) is 17.9 Å². The summed E-state index contributed by atoms with van der Waals surface area (Å²) in [6.07, 6.45) is 5.48. The van der Waals surface area contributed by atoms with E-state index in [-0.39, 0.29) is 25.2 Å². The van der Waals surface area contributed by atoms with E-state index in [1.807, 2.05) is 26.8 Å². The van der Waals surface area contributed by atoms with Gasteiger partial charge in [0.25, 0.3) is 0 Å². The summed E-state index contributed by atoms with van der Waals surface area (Å²) >= 11 is 0. The van der Waals surface area contributed by atoms with Gasteiger partial charge in [0, 0.05) is 35.5 Å². The fourth-order valence-corrected chi connectivity index (χ4v) is 8.18. The molecule has 0 saturated heterocycles. The summed E-state index contributed by atoms with van der Waals surface area (Å²) in [6, 6.07) is 0. The van der Waals surface area contributed by atoms with Crippen LogP contribution in [0.25, 0.3) is 0 Å². The molecule has 210 valence electrons. The lowest BCUT2D eigenvalue weighted by Crippen LogP contribution is -2.70. The zero-order valence-corrected chi connectivity index (χ0v) is 23.2. The minimum atomic E-state index is -2.00. The molecule has 1 N–H and O–H groups in total. The first-order chi connectivity index (χ1) is 17.8. The van der Waals surface area contributed by atoms with Crippen LogP contribution in [0.3, 0.4) is 0 Å². The average molecular weight is 534 g/mol. The van der Waals surface area contributed by atoms with Gasteiger partial charge in [-0.1, -0.05) is 44.5 Å². The van der Waals surface area contributed by atoms with Crippen LogP contribution in [0.2, 0.25) is 0 Å². The van der Waals surface area contributed by atoms with Gasteiger partial charge in [0.2, 0.25) is 5.78 Å². The molecule has 0 aromatic rings. The second-order valence-corrected chi connectivity index (χ2v) is 11.7. The maximum Gasteiger partial charge on any atom is 0.306 e. The Labute approximate surface area is 223 Å². The maximum absolute atomic E-state index is 17.6. The number of hydrogen-bond acceptors (Lipinski definition) is 8. The summed E-state index contributed by atoms with van der Waals surface area (Å²) in [5.74, 6) is -2.99. The van der Waals surface area contributed by atoms with Gasteiger partial charge >= 0.3 is 11.9 Å². The van der Waals surface area contributed by atoms with Gasteiger partial charge < -0.3 is 19.4 Å². The molecule has 0 aliphatic heterocycles. The third kappa shape index (κ3) is 3.79. The highest BCUT2D eigenvalue weighted by atomic mass is 19.1. The Kier molecular flexibility index (Phi) is 7.40. The number of halogens is 1. The molecule has 8 atom stereocenters. The number of aliphatic hydroxyl groups is 1. The quantitative estimate of drug-likeness (QED) is 0.385.